The lowest BCUT2D eigenvalue weighted by Crippen LogP contribution is -2.32. The van der Waals surface area contributed by atoms with E-state index in [-0.39, 0.29) is 18.2 Å². The Bertz CT molecular complexity index is 693. The monoisotopic (exact) mass is 310 g/mol. The molecular weight excluding hydrogens is 288 g/mol. The first-order valence-corrected chi connectivity index (χ1v) is 7.67. The second kappa shape index (κ2) is 7.58. The van der Waals surface area contributed by atoms with Crippen molar-refractivity contribution >= 4 is 23.2 Å². The molecule has 0 bridgehead atoms. The van der Waals surface area contributed by atoms with E-state index < -0.39 is 0 Å². The van der Waals surface area contributed by atoms with Gasteiger partial charge in [0.25, 0.3) is 0 Å². The summed E-state index contributed by atoms with van der Waals surface area (Å²) in [5.74, 6) is -0.170. The van der Waals surface area contributed by atoms with Gasteiger partial charge in [-0.25, -0.2) is 0 Å². The molecule has 23 heavy (non-hydrogen) atoms. The number of amides is 2. The molecule has 0 fully saturated rings. The molecule has 4 heteroatoms. The Hall–Kier alpha value is -2.62. The zero-order valence-corrected chi connectivity index (χ0v) is 13.8. The van der Waals surface area contributed by atoms with E-state index in [1.807, 2.05) is 62.4 Å². The van der Waals surface area contributed by atoms with Crippen molar-refractivity contribution in [3.63, 3.8) is 0 Å². The van der Waals surface area contributed by atoms with Gasteiger partial charge in [-0.15, -0.1) is 0 Å². The van der Waals surface area contributed by atoms with Gasteiger partial charge in [-0.2, -0.15) is 0 Å². The van der Waals surface area contributed by atoms with Crippen molar-refractivity contribution in [2.75, 3.05) is 16.8 Å². The number of hydrogen-bond donors (Lipinski definition) is 1. The van der Waals surface area contributed by atoms with E-state index in [1.165, 1.54) is 6.92 Å². The van der Waals surface area contributed by atoms with Crippen LogP contribution in [0.25, 0.3) is 0 Å². The molecule has 2 aromatic rings. The van der Waals surface area contributed by atoms with Crippen molar-refractivity contribution in [2.24, 2.45) is 0 Å². The number of hydrogen-bond acceptors (Lipinski definition) is 2. The number of rotatable bonds is 5. The SMILES string of the molecule is CC(=O)N(CCC(=O)Nc1ccc(C)cc1)c1ccccc1C. The van der Waals surface area contributed by atoms with Gasteiger partial charge in [-0.3, -0.25) is 9.59 Å². The second-order valence-electron chi connectivity index (χ2n) is 5.62. The first-order chi connectivity index (χ1) is 11.0. The van der Waals surface area contributed by atoms with Gasteiger partial charge >= 0.3 is 0 Å². The highest BCUT2D eigenvalue weighted by Crippen LogP contribution is 2.20. The van der Waals surface area contributed by atoms with Gasteiger partial charge in [0.15, 0.2) is 0 Å². The summed E-state index contributed by atoms with van der Waals surface area (Å²) in [5, 5.41) is 2.85. The molecule has 0 radical (unpaired) electrons. The average Bonchev–Trinajstić information content (AvgIpc) is 2.51. The maximum Gasteiger partial charge on any atom is 0.226 e. The smallest absolute Gasteiger partial charge is 0.226 e. The van der Waals surface area contributed by atoms with Crippen LogP contribution in [0.2, 0.25) is 0 Å². The van der Waals surface area contributed by atoms with E-state index in [0.717, 1.165) is 22.5 Å². The molecule has 2 amide bonds. The van der Waals surface area contributed by atoms with E-state index in [1.54, 1.807) is 4.90 Å². The Balaban J connectivity index is 1.99. The van der Waals surface area contributed by atoms with E-state index in [4.69, 9.17) is 0 Å². The van der Waals surface area contributed by atoms with Crippen molar-refractivity contribution < 1.29 is 9.59 Å². The molecule has 0 aliphatic heterocycles. The molecule has 0 spiro atoms. The highest BCUT2D eigenvalue weighted by Gasteiger charge is 2.15. The predicted octanol–water partition coefficient (Wildman–Crippen LogP) is 3.69. The lowest BCUT2D eigenvalue weighted by Gasteiger charge is -2.22. The third-order valence-electron chi connectivity index (χ3n) is 3.68. The molecule has 0 unspecified atom stereocenters. The third-order valence-corrected chi connectivity index (χ3v) is 3.68. The minimum atomic E-state index is -0.103. The van der Waals surface area contributed by atoms with Gasteiger partial charge in [0, 0.05) is 31.3 Å². The van der Waals surface area contributed by atoms with Crippen LogP contribution >= 0.6 is 0 Å². The number of benzene rings is 2. The van der Waals surface area contributed by atoms with Crippen molar-refractivity contribution in [1.82, 2.24) is 0 Å². The van der Waals surface area contributed by atoms with E-state index >= 15 is 0 Å². The largest absolute Gasteiger partial charge is 0.326 e. The quantitative estimate of drug-likeness (QED) is 0.915. The Labute approximate surface area is 137 Å². The van der Waals surface area contributed by atoms with Crippen LogP contribution in [0.3, 0.4) is 0 Å². The van der Waals surface area contributed by atoms with Gasteiger partial charge in [0.05, 0.1) is 0 Å². The maximum atomic E-state index is 12.1. The number of carbonyl (C=O) groups is 2. The number of anilines is 2. The number of carbonyl (C=O) groups excluding carboxylic acids is 2. The van der Waals surface area contributed by atoms with Crippen LogP contribution in [0.4, 0.5) is 11.4 Å². The predicted molar refractivity (Wildman–Crippen MR) is 93.6 cm³/mol. The lowest BCUT2D eigenvalue weighted by molar-refractivity contribution is -0.117. The van der Waals surface area contributed by atoms with Crippen molar-refractivity contribution in [2.45, 2.75) is 27.2 Å². The minimum Gasteiger partial charge on any atom is -0.326 e. The Morgan fingerprint density at radius 3 is 2.26 bits per heavy atom. The Morgan fingerprint density at radius 1 is 1.00 bits per heavy atom. The fourth-order valence-corrected chi connectivity index (χ4v) is 2.39. The Kier molecular flexibility index (Phi) is 5.52. The summed E-state index contributed by atoms with van der Waals surface area (Å²) in [6, 6.07) is 15.3. The highest BCUT2D eigenvalue weighted by molar-refractivity contribution is 5.95. The summed E-state index contributed by atoms with van der Waals surface area (Å²) in [6.07, 6.45) is 0.252. The number of aryl methyl sites for hydroxylation is 2. The summed E-state index contributed by atoms with van der Waals surface area (Å²) >= 11 is 0. The van der Waals surface area contributed by atoms with Gasteiger partial charge in [-0.05, 0) is 37.6 Å². The summed E-state index contributed by atoms with van der Waals surface area (Å²) in [6.45, 7) is 5.83. The Morgan fingerprint density at radius 2 is 1.65 bits per heavy atom. The summed E-state index contributed by atoms with van der Waals surface area (Å²) in [4.78, 5) is 25.6. The van der Waals surface area contributed by atoms with Crippen LogP contribution in [0.15, 0.2) is 48.5 Å². The van der Waals surface area contributed by atoms with Crippen molar-refractivity contribution in [3.8, 4) is 0 Å². The van der Waals surface area contributed by atoms with Gasteiger partial charge < -0.3 is 10.2 Å². The van der Waals surface area contributed by atoms with Crippen LogP contribution in [0.1, 0.15) is 24.5 Å². The summed E-state index contributed by atoms with van der Waals surface area (Å²) in [7, 11) is 0. The van der Waals surface area contributed by atoms with E-state index in [2.05, 4.69) is 5.32 Å². The molecule has 0 aliphatic rings. The van der Waals surface area contributed by atoms with Crippen LogP contribution in [0.5, 0.6) is 0 Å². The second-order valence-corrected chi connectivity index (χ2v) is 5.62. The van der Waals surface area contributed by atoms with Gasteiger partial charge in [0.2, 0.25) is 11.8 Å². The molecule has 0 heterocycles. The minimum absolute atomic E-state index is 0.0672. The molecule has 0 aromatic heterocycles. The molecule has 2 aromatic carbocycles. The molecule has 2 rings (SSSR count). The molecule has 0 atom stereocenters. The molecule has 0 aliphatic carbocycles. The molecule has 1 N–H and O–H groups in total. The maximum absolute atomic E-state index is 12.1. The van der Waals surface area contributed by atoms with E-state index in [9.17, 15) is 9.59 Å². The highest BCUT2D eigenvalue weighted by atomic mass is 16.2. The van der Waals surface area contributed by atoms with Crippen LogP contribution in [-0.2, 0) is 9.59 Å². The van der Waals surface area contributed by atoms with Crippen molar-refractivity contribution in [3.05, 3.63) is 59.7 Å². The standard InChI is InChI=1S/C19H22N2O2/c1-14-8-10-17(11-9-14)20-19(23)12-13-21(16(3)22)18-7-5-4-6-15(18)2/h4-11H,12-13H2,1-3H3,(H,20,23). The third kappa shape index (κ3) is 4.68. The van der Waals surface area contributed by atoms with Gasteiger partial charge in [0.1, 0.15) is 0 Å². The van der Waals surface area contributed by atoms with E-state index in [0.29, 0.717) is 6.54 Å². The molecule has 4 nitrogen and oxygen atoms in total. The van der Waals surface area contributed by atoms with Gasteiger partial charge in [-0.1, -0.05) is 35.9 Å². The number of nitrogens with one attached hydrogen (secondary N) is 1. The first-order valence-electron chi connectivity index (χ1n) is 7.67. The number of nitrogens with zero attached hydrogens (tertiary/aromatic N) is 1. The topological polar surface area (TPSA) is 49.4 Å². The molecule has 0 saturated carbocycles. The molecule has 120 valence electrons. The molecule has 0 saturated heterocycles. The first kappa shape index (κ1) is 16.7. The summed E-state index contributed by atoms with van der Waals surface area (Å²) < 4.78 is 0. The lowest BCUT2D eigenvalue weighted by atomic mass is 10.1. The fraction of sp³-hybridized carbons (Fsp3) is 0.263. The average molecular weight is 310 g/mol. The number of para-hydroxylation sites is 1. The zero-order chi connectivity index (χ0) is 16.8. The van der Waals surface area contributed by atoms with Crippen LogP contribution < -0.4 is 10.2 Å². The zero-order valence-electron chi connectivity index (χ0n) is 13.8. The fourth-order valence-electron chi connectivity index (χ4n) is 2.39. The molecular formula is C19H22N2O2. The van der Waals surface area contributed by atoms with Crippen LogP contribution in [-0.4, -0.2) is 18.4 Å². The summed E-state index contributed by atoms with van der Waals surface area (Å²) in [5.41, 5.74) is 3.78. The van der Waals surface area contributed by atoms with Crippen LogP contribution in [0, 0.1) is 13.8 Å². The van der Waals surface area contributed by atoms with Crippen molar-refractivity contribution in [1.29, 1.82) is 0 Å². The normalized spacial score (nSPS) is 10.2.